The molecule has 1 atom stereocenters. The van der Waals surface area contributed by atoms with Crippen molar-refractivity contribution in [2.45, 2.75) is 37.5 Å². The van der Waals surface area contributed by atoms with Gasteiger partial charge in [0.05, 0.1) is 17.4 Å². The zero-order chi connectivity index (χ0) is 21.1. The van der Waals surface area contributed by atoms with E-state index < -0.39 is 10.0 Å². The molecule has 0 aliphatic carbocycles. The molecule has 1 aromatic heterocycles. The van der Waals surface area contributed by atoms with Crippen molar-refractivity contribution in [1.29, 1.82) is 0 Å². The highest BCUT2D eigenvalue weighted by Crippen LogP contribution is 2.31. The van der Waals surface area contributed by atoms with Crippen molar-refractivity contribution < 1.29 is 17.7 Å². The highest BCUT2D eigenvalue weighted by Gasteiger charge is 2.33. The summed E-state index contributed by atoms with van der Waals surface area (Å²) in [6.07, 6.45) is 1.56. The Hall–Kier alpha value is -2.71. The fourth-order valence-corrected chi connectivity index (χ4v) is 5.13. The molecule has 1 fully saturated rings. The van der Waals surface area contributed by atoms with Crippen LogP contribution >= 0.6 is 0 Å². The lowest BCUT2D eigenvalue weighted by atomic mass is 10.00. The van der Waals surface area contributed by atoms with Gasteiger partial charge in [-0.2, -0.15) is 9.29 Å². The summed E-state index contributed by atoms with van der Waals surface area (Å²) in [6, 6.07) is 14.4. The fraction of sp³-hybridized carbons (Fsp3) is 0.364. The van der Waals surface area contributed by atoms with Gasteiger partial charge in [-0.1, -0.05) is 22.9 Å². The van der Waals surface area contributed by atoms with Gasteiger partial charge >= 0.3 is 0 Å². The molecule has 0 saturated carbocycles. The molecule has 0 amide bonds. The van der Waals surface area contributed by atoms with E-state index in [1.807, 2.05) is 50.2 Å². The number of sulfonamides is 1. The number of rotatable bonds is 6. The number of hydrogen-bond acceptors (Lipinski definition) is 6. The van der Waals surface area contributed by atoms with E-state index in [9.17, 15) is 8.42 Å². The van der Waals surface area contributed by atoms with Gasteiger partial charge in [-0.25, -0.2) is 8.42 Å². The van der Waals surface area contributed by atoms with E-state index in [1.165, 1.54) is 4.31 Å². The van der Waals surface area contributed by atoms with Crippen molar-refractivity contribution in [2.24, 2.45) is 0 Å². The van der Waals surface area contributed by atoms with Crippen molar-refractivity contribution in [2.75, 3.05) is 19.7 Å². The standard InChI is InChI=1S/C22H25N3O4S/c1-3-28-19-10-8-17(9-11-19)21-23-22(29-24-21)18-5-4-14-25(15-18)30(26,27)20-12-6-16(2)7-13-20/h6-13,18H,3-5,14-15H2,1-2H3. The van der Waals surface area contributed by atoms with Gasteiger partial charge in [-0.15, -0.1) is 0 Å². The van der Waals surface area contributed by atoms with Crippen molar-refractivity contribution in [3.8, 4) is 17.1 Å². The van der Waals surface area contributed by atoms with E-state index in [0.29, 0.717) is 36.3 Å². The Morgan fingerprint density at radius 2 is 1.87 bits per heavy atom. The molecule has 0 bridgehead atoms. The lowest BCUT2D eigenvalue weighted by Gasteiger charge is -2.30. The molecule has 1 saturated heterocycles. The van der Waals surface area contributed by atoms with Crippen LogP contribution in [0.4, 0.5) is 0 Å². The molecule has 1 aliphatic heterocycles. The van der Waals surface area contributed by atoms with Crippen LogP contribution in [-0.4, -0.2) is 42.6 Å². The van der Waals surface area contributed by atoms with Gasteiger partial charge < -0.3 is 9.26 Å². The number of aryl methyl sites for hydroxylation is 1. The second-order valence-electron chi connectivity index (χ2n) is 7.43. The quantitative estimate of drug-likeness (QED) is 0.591. The molecule has 0 N–H and O–H groups in total. The average Bonchev–Trinajstić information content (AvgIpc) is 3.25. The summed E-state index contributed by atoms with van der Waals surface area (Å²) in [4.78, 5) is 4.85. The minimum absolute atomic E-state index is 0.122. The SMILES string of the molecule is CCOc1ccc(-c2noc(C3CCCN(S(=O)(=O)c4ccc(C)cc4)C3)n2)cc1. The molecule has 158 valence electrons. The Balaban J connectivity index is 1.50. The first-order valence-corrected chi connectivity index (χ1v) is 11.5. The van der Waals surface area contributed by atoms with Crippen LogP contribution in [0.15, 0.2) is 57.9 Å². The number of benzene rings is 2. The van der Waals surface area contributed by atoms with Gasteiger partial charge in [0.2, 0.25) is 21.7 Å². The number of hydrogen-bond donors (Lipinski definition) is 0. The van der Waals surface area contributed by atoms with Crippen LogP contribution in [0.5, 0.6) is 5.75 Å². The molecule has 1 aliphatic rings. The van der Waals surface area contributed by atoms with Crippen LogP contribution in [-0.2, 0) is 10.0 Å². The molecule has 4 rings (SSSR count). The summed E-state index contributed by atoms with van der Waals surface area (Å²) in [7, 11) is -3.55. The summed E-state index contributed by atoms with van der Waals surface area (Å²) < 4.78 is 38.6. The molecule has 30 heavy (non-hydrogen) atoms. The van der Waals surface area contributed by atoms with Crippen LogP contribution in [0, 0.1) is 6.92 Å². The largest absolute Gasteiger partial charge is 0.494 e. The van der Waals surface area contributed by atoms with E-state index in [0.717, 1.165) is 29.7 Å². The number of aromatic nitrogens is 2. The van der Waals surface area contributed by atoms with Crippen molar-refractivity contribution >= 4 is 10.0 Å². The summed E-state index contributed by atoms with van der Waals surface area (Å²) in [5.41, 5.74) is 1.85. The molecule has 0 spiro atoms. The Kier molecular flexibility index (Phi) is 5.87. The van der Waals surface area contributed by atoms with Gasteiger partial charge in [-0.3, -0.25) is 0 Å². The van der Waals surface area contributed by atoms with Gasteiger partial charge in [0.15, 0.2) is 0 Å². The molecular formula is C22H25N3O4S. The normalized spacial score (nSPS) is 17.7. The second kappa shape index (κ2) is 8.57. The van der Waals surface area contributed by atoms with Crippen molar-refractivity contribution in [3.63, 3.8) is 0 Å². The lowest BCUT2D eigenvalue weighted by molar-refractivity contribution is 0.265. The number of piperidine rings is 1. The molecule has 8 heteroatoms. The highest BCUT2D eigenvalue weighted by molar-refractivity contribution is 7.89. The highest BCUT2D eigenvalue weighted by atomic mass is 32.2. The maximum atomic E-state index is 13.0. The lowest BCUT2D eigenvalue weighted by Crippen LogP contribution is -2.39. The van der Waals surface area contributed by atoms with Gasteiger partial charge in [0.25, 0.3) is 0 Å². The molecule has 0 radical (unpaired) electrons. The maximum absolute atomic E-state index is 13.0. The average molecular weight is 428 g/mol. The minimum atomic E-state index is -3.55. The topological polar surface area (TPSA) is 85.5 Å². The fourth-order valence-electron chi connectivity index (χ4n) is 3.61. The first-order chi connectivity index (χ1) is 14.5. The monoisotopic (exact) mass is 427 g/mol. The van der Waals surface area contributed by atoms with Crippen LogP contribution < -0.4 is 4.74 Å². The predicted octanol–water partition coefficient (Wildman–Crippen LogP) is 4.01. The summed E-state index contributed by atoms with van der Waals surface area (Å²) >= 11 is 0. The molecular weight excluding hydrogens is 402 g/mol. The van der Waals surface area contributed by atoms with E-state index >= 15 is 0 Å². The zero-order valence-corrected chi connectivity index (χ0v) is 17.9. The summed E-state index contributed by atoms with van der Waals surface area (Å²) in [5.74, 6) is 1.63. The minimum Gasteiger partial charge on any atom is -0.494 e. The van der Waals surface area contributed by atoms with E-state index in [4.69, 9.17) is 9.26 Å². The van der Waals surface area contributed by atoms with E-state index in [2.05, 4.69) is 10.1 Å². The van der Waals surface area contributed by atoms with E-state index in [-0.39, 0.29) is 5.92 Å². The van der Waals surface area contributed by atoms with Gasteiger partial charge in [-0.05, 0) is 63.1 Å². The molecule has 2 aromatic carbocycles. The zero-order valence-electron chi connectivity index (χ0n) is 17.1. The third-order valence-corrected chi connectivity index (χ3v) is 7.14. The Morgan fingerprint density at radius 1 is 1.13 bits per heavy atom. The molecule has 3 aromatic rings. The van der Waals surface area contributed by atoms with Crippen molar-refractivity contribution in [1.82, 2.24) is 14.4 Å². The second-order valence-corrected chi connectivity index (χ2v) is 9.37. The maximum Gasteiger partial charge on any atom is 0.243 e. The first-order valence-electron chi connectivity index (χ1n) is 10.1. The summed E-state index contributed by atoms with van der Waals surface area (Å²) in [5, 5.41) is 4.10. The molecule has 1 unspecified atom stereocenters. The Morgan fingerprint density at radius 3 is 2.57 bits per heavy atom. The molecule has 7 nitrogen and oxygen atoms in total. The van der Waals surface area contributed by atoms with E-state index in [1.54, 1.807) is 12.1 Å². The van der Waals surface area contributed by atoms with Gasteiger partial charge in [0, 0.05) is 18.7 Å². The van der Waals surface area contributed by atoms with Crippen LogP contribution in [0.3, 0.4) is 0 Å². The van der Waals surface area contributed by atoms with Crippen LogP contribution in [0.1, 0.15) is 37.1 Å². The third-order valence-electron chi connectivity index (χ3n) is 5.26. The van der Waals surface area contributed by atoms with Gasteiger partial charge in [0.1, 0.15) is 5.75 Å². The number of nitrogens with zero attached hydrogens (tertiary/aromatic N) is 3. The smallest absolute Gasteiger partial charge is 0.243 e. The van der Waals surface area contributed by atoms with Crippen LogP contribution in [0.25, 0.3) is 11.4 Å². The third kappa shape index (κ3) is 4.24. The molecule has 2 heterocycles. The van der Waals surface area contributed by atoms with Crippen LogP contribution in [0.2, 0.25) is 0 Å². The Bertz CT molecular complexity index is 1090. The number of ether oxygens (including phenoxy) is 1. The first kappa shape index (κ1) is 20.6. The Labute approximate surface area is 176 Å². The van der Waals surface area contributed by atoms with Crippen molar-refractivity contribution in [3.05, 3.63) is 60.0 Å². The summed E-state index contributed by atoms with van der Waals surface area (Å²) in [6.45, 7) is 5.31. The predicted molar refractivity (Wildman–Crippen MR) is 113 cm³/mol.